The SMILES string of the molecule is CN1CCN(c2ncc(S(C)(=O)=O)c(C3CCN(C(=O)C(C)(C)C)CC3)n2)CC1. The normalized spacial score (nSPS) is 20.2. The summed E-state index contributed by atoms with van der Waals surface area (Å²) in [6.45, 7) is 10.5. The third-order valence-electron chi connectivity index (χ3n) is 5.77. The number of piperidine rings is 1. The molecule has 0 radical (unpaired) electrons. The zero-order valence-electron chi connectivity index (χ0n) is 18.2. The van der Waals surface area contributed by atoms with Crippen LogP contribution in [0.5, 0.6) is 0 Å². The van der Waals surface area contributed by atoms with Crippen LogP contribution < -0.4 is 4.90 Å². The predicted molar refractivity (Wildman–Crippen MR) is 113 cm³/mol. The highest BCUT2D eigenvalue weighted by Gasteiger charge is 2.33. The number of piperazine rings is 1. The topological polar surface area (TPSA) is 86.7 Å². The van der Waals surface area contributed by atoms with E-state index in [9.17, 15) is 13.2 Å². The van der Waals surface area contributed by atoms with Crippen LogP contribution in [0.3, 0.4) is 0 Å². The smallest absolute Gasteiger partial charge is 0.227 e. The number of carbonyl (C=O) groups is 1. The summed E-state index contributed by atoms with van der Waals surface area (Å²) in [6.07, 6.45) is 4.11. The van der Waals surface area contributed by atoms with Crippen molar-refractivity contribution in [2.75, 3.05) is 57.5 Å². The number of amides is 1. The summed E-state index contributed by atoms with van der Waals surface area (Å²) in [5.41, 5.74) is 0.202. The summed E-state index contributed by atoms with van der Waals surface area (Å²) in [5.74, 6) is 0.756. The number of sulfone groups is 1. The van der Waals surface area contributed by atoms with Crippen LogP contribution >= 0.6 is 0 Å². The molecule has 0 saturated carbocycles. The number of anilines is 1. The fourth-order valence-electron chi connectivity index (χ4n) is 3.94. The first-order valence-corrected chi connectivity index (χ1v) is 12.2. The van der Waals surface area contributed by atoms with E-state index >= 15 is 0 Å². The van der Waals surface area contributed by atoms with Gasteiger partial charge in [0.05, 0.1) is 11.9 Å². The lowest BCUT2D eigenvalue weighted by Crippen LogP contribution is -2.45. The molecular weight excluding hydrogens is 390 g/mol. The van der Waals surface area contributed by atoms with Crippen LogP contribution in [0.15, 0.2) is 11.1 Å². The number of carbonyl (C=O) groups excluding carboxylic acids is 1. The number of aromatic nitrogens is 2. The third kappa shape index (κ3) is 5.06. The van der Waals surface area contributed by atoms with Crippen LogP contribution in [0.25, 0.3) is 0 Å². The number of likely N-dealkylation sites (tertiary alicyclic amines) is 1. The largest absolute Gasteiger partial charge is 0.342 e. The van der Waals surface area contributed by atoms with Gasteiger partial charge in [-0.25, -0.2) is 18.4 Å². The second-order valence-electron chi connectivity index (χ2n) is 9.30. The lowest BCUT2D eigenvalue weighted by Gasteiger charge is -2.36. The second kappa shape index (κ2) is 8.18. The first-order valence-electron chi connectivity index (χ1n) is 10.3. The first kappa shape index (κ1) is 22.0. The van der Waals surface area contributed by atoms with Gasteiger partial charge in [0, 0.05) is 56.9 Å². The van der Waals surface area contributed by atoms with Gasteiger partial charge < -0.3 is 14.7 Å². The number of likely N-dealkylation sites (N-methyl/N-ethyl adjacent to an activating group) is 1. The predicted octanol–water partition coefficient (Wildman–Crippen LogP) is 1.38. The van der Waals surface area contributed by atoms with Crippen molar-refractivity contribution in [1.29, 1.82) is 0 Å². The number of hydrogen-bond acceptors (Lipinski definition) is 7. The molecule has 162 valence electrons. The molecule has 1 amide bonds. The Kier molecular flexibility index (Phi) is 6.19. The monoisotopic (exact) mass is 423 g/mol. The summed E-state index contributed by atoms with van der Waals surface area (Å²) in [6, 6.07) is 0. The molecule has 0 unspecified atom stereocenters. The fraction of sp³-hybridized carbons (Fsp3) is 0.750. The average molecular weight is 424 g/mol. The van der Waals surface area contributed by atoms with Gasteiger partial charge in [0.1, 0.15) is 4.90 Å². The maximum atomic E-state index is 12.6. The van der Waals surface area contributed by atoms with Crippen LogP contribution in [0, 0.1) is 5.41 Å². The van der Waals surface area contributed by atoms with Crippen molar-refractivity contribution >= 4 is 21.7 Å². The summed E-state index contributed by atoms with van der Waals surface area (Å²) in [4.78, 5) is 28.2. The molecule has 9 heteroatoms. The van der Waals surface area contributed by atoms with Crippen LogP contribution in [0.1, 0.15) is 45.2 Å². The van der Waals surface area contributed by atoms with Crippen LogP contribution in [-0.2, 0) is 14.6 Å². The minimum atomic E-state index is -3.42. The second-order valence-corrected chi connectivity index (χ2v) is 11.3. The van der Waals surface area contributed by atoms with Gasteiger partial charge >= 0.3 is 0 Å². The fourth-order valence-corrected chi connectivity index (χ4v) is 4.78. The van der Waals surface area contributed by atoms with Gasteiger partial charge in [-0.1, -0.05) is 20.8 Å². The van der Waals surface area contributed by atoms with Crippen molar-refractivity contribution in [2.45, 2.75) is 44.4 Å². The molecule has 3 rings (SSSR count). The van der Waals surface area contributed by atoms with Crippen LogP contribution in [-0.4, -0.2) is 86.7 Å². The van der Waals surface area contributed by atoms with Gasteiger partial charge in [-0.3, -0.25) is 4.79 Å². The van der Waals surface area contributed by atoms with Gasteiger partial charge in [-0.2, -0.15) is 0 Å². The Morgan fingerprint density at radius 3 is 2.17 bits per heavy atom. The Morgan fingerprint density at radius 2 is 1.66 bits per heavy atom. The molecule has 29 heavy (non-hydrogen) atoms. The standard InChI is InChI=1S/C20H33N5O3S/c1-20(2,3)18(26)24-8-6-15(7-9-24)17-16(29(5,27)28)14-21-19(22-17)25-12-10-23(4)11-13-25/h14-15H,6-13H2,1-5H3. The molecule has 2 saturated heterocycles. The minimum absolute atomic E-state index is 0.0120. The minimum Gasteiger partial charge on any atom is -0.342 e. The van der Waals surface area contributed by atoms with Crippen molar-refractivity contribution in [1.82, 2.24) is 19.8 Å². The molecule has 0 aliphatic carbocycles. The highest BCUT2D eigenvalue weighted by atomic mass is 32.2. The van der Waals surface area contributed by atoms with Gasteiger partial charge in [-0.15, -0.1) is 0 Å². The van der Waals surface area contributed by atoms with Crippen LogP contribution in [0.2, 0.25) is 0 Å². The van der Waals surface area contributed by atoms with E-state index in [4.69, 9.17) is 4.98 Å². The van der Waals surface area contributed by atoms with E-state index in [1.165, 1.54) is 12.5 Å². The van der Waals surface area contributed by atoms with Crippen LogP contribution in [0.4, 0.5) is 5.95 Å². The maximum Gasteiger partial charge on any atom is 0.227 e. The van der Waals surface area contributed by atoms with E-state index in [-0.39, 0.29) is 16.7 Å². The molecule has 2 fully saturated rings. The molecule has 0 spiro atoms. The number of nitrogens with zero attached hydrogens (tertiary/aromatic N) is 5. The molecule has 1 aromatic heterocycles. The Bertz CT molecular complexity index is 849. The van der Waals surface area contributed by atoms with E-state index in [2.05, 4.69) is 21.8 Å². The molecule has 0 N–H and O–H groups in total. The maximum absolute atomic E-state index is 12.6. The van der Waals surface area contributed by atoms with E-state index in [0.29, 0.717) is 37.6 Å². The summed E-state index contributed by atoms with van der Waals surface area (Å²) in [5, 5.41) is 0. The average Bonchev–Trinajstić information content (AvgIpc) is 2.66. The Morgan fingerprint density at radius 1 is 1.07 bits per heavy atom. The van der Waals surface area contributed by atoms with Crippen molar-refractivity contribution in [3.05, 3.63) is 11.9 Å². The summed E-state index contributed by atoms with van der Waals surface area (Å²) < 4.78 is 24.7. The lowest BCUT2D eigenvalue weighted by molar-refractivity contribution is -0.140. The van der Waals surface area contributed by atoms with Gasteiger partial charge in [0.2, 0.25) is 11.9 Å². The van der Waals surface area contributed by atoms with Crippen molar-refractivity contribution in [3.63, 3.8) is 0 Å². The highest BCUT2D eigenvalue weighted by molar-refractivity contribution is 7.90. The molecule has 3 heterocycles. The quantitative estimate of drug-likeness (QED) is 0.726. The Hall–Kier alpha value is -1.74. The van der Waals surface area contributed by atoms with Gasteiger partial charge in [0.15, 0.2) is 9.84 Å². The number of rotatable bonds is 3. The molecule has 0 atom stereocenters. The zero-order chi connectivity index (χ0) is 21.4. The van der Waals surface area contributed by atoms with E-state index in [1.54, 1.807) is 0 Å². The van der Waals surface area contributed by atoms with Crippen molar-refractivity contribution in [3.8, 4) is 0 Å². The van der Waals surface area contributed by atoms with Crippen molar-refractivity contribution < 1.29 is 13.2 Å². The van der Waals surface area contributed by atoms with Crippen molar-refractivity contribution in [2.24, 2.45) is 5.41 Å². The first-order chi connectivity index (χ1) is 13.5. The summed E-state index contributed by atoms with van der Waals surface area (Å²) in [7, 11) is -1.34. The van der Waals surface area contributed by atoms with E-state index in [0.717, 1.165) is 26.2 Å². The molecule has 2 aliphatic heterocycles. The summed E-state index contributed by atoms with van der Waals surface area (Å²) >= 11 is 0. The lowest BCUT2D eigenvalue weighted by atomic mass is 9.89. The molecule has 1 aromatic rings. The van der Waals surface area contributed by atoms with Gasteiger partial charge in [0.25, 0.3) is 0 Å². The van der Waals surface area contributed by atoms with E-state index < -0.39 is 15.3 Å². The molecule has 8 nitrogen and oxygen atoms in total. The molecular formula is C20H33N5O3S. The Labute approximate surface area is 174 Å². The number of hydrogen-bond donors (Lipinski definition) is 0. The van der Waals surface area contributed by atoms with E-state index in [1.807, 2.05) is 25.7 Å². The van der Waals surface area contributed by atoms with Gasteiger partial charge in [-0.05, 0) is 19.9 Å². The Balaban J connectivity index is 1.83. The third-order valence-corrected chi connectivity index (χ3v) is 6.88. The zero-order valence-corrected chi connectivity index (χ0v) is 19.0. The molecule has 0 aromatic carbocycles. The molecule has 0 bridgehead atoms. The highest BCUT2D eigenvalue weighted by Crippen LogP contribution is 2.33. The molecule has 2 aliphatic rings.